The predicted molar refractivity (Wildman–Crippen MR) is 70.5 cm³/mol. The van der Waals surface area contributed by atoms with Gasteiger partial charge in [-0.1, -0.05) is 11.6 Å². The lowest BCUT2D eigenvalue weighted by Gasteiger charge is -2.07. The van der Waals surface area contributed by atoms with E-state index in [0.29, 0.717) is 0 Å². The second kappa shape index (κ2) is 5.26. The summed E-state index contributed by atoms with van der Waals surface area (Å²) in [5.41, 5.74) is -0.653. The molecule has 102 valence electrons. The second-order valence-electron chi connectivity index (χ2n) is 3.92. The molecule has 0 bridgehead atoms. The monoisotopic (exact) mass is 295 g/mol. The summed E-state index contributed by atoms with van der Waals surface area (Å²) in [5.74, 6) is -2.08. The van der Waals surface area contributed by atoms with Gasteiger partial charge in [0.15, 0.2) is 0 Å². The number of hydrogen-bond donors (Lipinski definition) is 1. The molecule has 20 heavy (non-hydrogen) atoms. The maximum absolute atomic E-state index is 13.8. The van der Waals surface area contributed by atoms with E-state index < -0.39 is 16.7 Å². The van der Waals surface area contributed by atoms with Crippen molar-refractivity contribution in [1.29, 1.82) is 0 Å². The Morgan fingerprint density at radius 3 is 2.40 bits per heavy atom. The van der Waals surface area contributed by atoms with Crippen molar-refractivity contribution in [3.05, 3.63) is 62.9 Å². The third kappa shape index (κ3) is 2.60. The lowest BCUT2D eigenvalue weighted by molar-refractivity contribution is -0.384. The third-order valence-electron chi connectivity index (χ3n) is 2.67. The molecule has 0 spiro atoms. The first-order chi connectivity index (χ1) is 9.40. The highest BCUT2D eigenvalue weighted by Crippen LogP contribution is 2.30. The van der Waals surface area contributed by atoms with Crippen LogP contribution in [0, 0.1) is 15.9 Å². The molecule has 0 aliphatic carbocycles. The average Bonchev–Trinajstić information content (AvgIpc) is 2.38. The van der Waals surface area contributed by atoms with Crippen molar-refractivity contribution in [3.8, 4) is 11.1 Å². The van der Waals surface area contributed by atoms with E-state index in [4.69, 9.17) is 16.7 Å². The van der Waals surface area contributed by atoms with E-state index in [2.05, 4.69) is 0 Å². The molecule has 2 rings (SSSR count). The molecule has 0 fully saturated rings. The summed E-state index contributed by atoms with van der Waals surface area (Å²) >= 11 is 5.63. The van der Waals surface area contributed by atoms with Crippen LogP contribution < -0.4 is 0 Å². The van der Waals surface area contributed by atoms with Crippen LogP contribution in [-0.4, -0.2) is 16.0 Å². The van der Waals surface area contributed by atoms with Crippen LogP contribution >= 0.6 is 11.6 Å². The van der Waals surface area contributed by atoms with Crippen LogP contribution in [0.25, 0.3) is 11.1 Å². The number of nitro groups is 1. The number of carboxylic acid groups (broad SMARTS) is 1. The van der Waals surface area contributed by atoms with Crippen molar-refractivity contribution in [1.82, 2.24) is 0 Å². The summed E-state index contributed by atoms with van der Waals surface area (Å²) in [5, 5.41) is 19.9. The smallest absolute Gasteiger partial charge is 0.336 e. The summed E-state index contributed by atoms with van der Waals surface area (Å²) in [6.07, 6.45) is 0. The standard InChI is InChI=1S/C13H7ClFNO4/c14-7-1-3-10(12(15)5-7)9-4-2-8(16(19)20)6-11(9)13(17)18/h1-6H,(H,17,18). The van der Waals surface area contributed by atoms with Crippen LogP contribution in [0.4, 0.5) is 10.1 Å². The molecular formula is C13H7ClFNO4. The van der Waals surface area contributed by atoms with Crippen molar-refractivity contribution in [2.24, 2.45) is 0 Å². The average molecular weight is 296 g/mol. The maximum atomic E-state index is 13.8. The molecule has 0 unspecified atom stereocenters. The van der Waals surface area contributed by atoms with Gasteiger partial charge in [-0.3, -0.25) is 10.1 Å². The Kier molecular flexibility index (Phi) is 3.67. The lowest BCUT2D eigenvalue weighted by atomic mass is 9.98. The summed E-state index contributed by atoms with van der Waals surface area (Å²) in [6, 6.07) is 7.00. The van der Waals surface area contributed by atoms with Gasteiger partial charge < -0.3 is 5.11 Å². The molecule has 0 aromatic heterocycles. The van der Waals surface area contributed by atoms with Crippen molar-refractivity contribution >= 4 is 23.3 Å². The predicted octanol–water partition coefficient (Wildman–Crippen LogP) is 3.75. The minimum absolute atomic E-state index is 0.0155. The summed E-state index contributed by atoms with van der Waals surface area (Å²) in [4.78, 5) is 21.1. The van der Waals surface area contributed by atoms with Crippen LogP contribution in [0.3, 0.4) is 0 Å². The largest absolute Gasteiger partial charge is 0.478 e. The number of carbonyl (C=O) groups is 1. The highest BCUT2D eigenvalue weighted by molar-refractivity contribution is 6.30. The minimum Gasteiger partial charge on any atom is -0.478 e. The van der Waals surface area contributed by atoms with E-state index >= 15 is 0 Å². The maximum Gasteiger partial charge on any atom is 0.336 e. The molecule has 0 atom stereocenters. The number of benzene rings is 2. The fraction of sp³-hybridized carbons (Fsp3) is 0. The zero-order valence-corrected chi connectivity index (χ0v) is 10.6. The van der Waals surface area contributed by atoms with Crippen LogP contribution in [0.1, 0.15) is 10.4 Å². The van der Waals surface area contributed by atoms with E-state index in [-0.39, 0.29) is 27.4 Å². The molecule has 0 saturated carbocycles. The number of carboxylic acids is 1. The topological polar surface area (TPSA) is 80.4 Å². The van der Waals surface area contributed by atoms with Gasteiger partial charge in [0.1, 0.15) is 5.82 Å². The lowest BCUT2D eigenvalue weighted by Crippen LogP contribution is -2.02. The van der Waals surface area contributed by atoms with E-state index in [0.717, 1.165) is 18.2 Å². The van der Waals surface area contributed by atoms with Crippen LogP contribution in [0.5, 0.6) is 0 Å². The van der Waals surface area contributed by atoms with Gasteiger partial charge in [-0.15, -0.1) is 0 Å². The van der Waals surface area contributed by atoms with E-state index in [1.807, 2.05) is 0 Å². The molecule has 0 amide bonds. The van der Waals surface area contributed by atoms with E-state index in [9.17, 15) is 19.3 Å². The molecule has 0 heterocycles. The van der Waals surface area contributed by atoms with Gasteiger partial charge >= 0.3 is 5.97 Å². The Morgan fingerprint density at radius 2 is 1.85 bits per heavy atom. The molecule has 0 radical (unpaired) electrons. The summed E-state index contributed by atoms with van der Waals surface area (Å²) in [7, 11) is 0. The number of rotatable bonds is 3. The number of halogens is 2. The second-order valence-corrected chi connectivity index (χ2v) is 4.35. The molecule has 2 aromatic rings. The van der Waals surface area contributed by atoms with Crippen molar-refractivity contribution in [2.45, 2.75) is 0 Å². The van der Waals surface area contributed by atoms with Crippen molar-refractivity contribution < 1.29 is 19.2 Å². The van der Waals surface area contributed by atoms with E-state index in [1.165, 1.54) is 18.2 Å². The Labute approximate surface area is 117 Å². The minimum atomic E-state index is -1.38. The Hall–Kier alpha value is -2.47. The summed E-state index contributed by atoms with van der Waals surface area (Å²) in [6.45, 7) is 0. The number of nitro benzene ring substituents is 1. The van der Waals surface area contributed by atoms with Crippen LogP contribution in [0.15, 0.2) is 36.4 Å². The highest BCUT2D eigenvalue weighted by Gasteiger charge is 2.19. The zero-order valence-electron chi connectivity index (χ0n) is 9.84. The first-order valence-corrected chi connectivity index (χ1v) is 5.75. The molecule has 0 aliphatic heterocycles. The first-order valence-electron chi connectivity index (χ1n) is 5.37. The van der Waals surface area contributed by atoms with Gasteiger partial charge in [-0.25, -0.2) is 9.18 Å². The highest BCUT2D eigenvalue weighted by atomic mass is 35.5. The fourth-order valence-corrected chi connectivity index (χ4v) is 1.92. The van der Waals surface area contributed by atoms with Crippen molar-refractivity contribution in [2.75, 3.05) is 0 Å². The van der Waals surface area contributed by atoms with E-state index in [1.54, 1.807) is 0 Å². The van der Waals surface area contributed by atoms with Crippen LogP contribution in [0.2, 0.25) is 5.02 Å². The van der Waals surface area contributed by atoms with Gasteiger partial charge in [-0.05, 0) is 29.8 Å². The molecule has 2 aromatic carbocycles. The van der Waals surface area contributed by atoms with Gasteiger partial charge in [0, 0.05) is 22.7 Å². The fourth-order valence-electron chi connectivity index (χ4n) is 1.77. The molecule has 0 saturated heterocycles. The molecule has 1 N–H and O–H groups in total. The van der Waals surface area contributed by atoms with Crippen molar-refractivity contribution in [3.63, 3.8) is 0 Å². The molecule has 7 heteroatoms. The zero-order chi connectivity index (χ0) is 14.9. The quantitative estimate of drug-likeness (QED) is 0.690. The normalized spacial score (nSPS) is 10.3. The van der Waals surface area contributed by atoms with Gasteiger partial charge in [-0.2, -0.15) is 0 Å². The number of nitrogens with zero attached hydrogens (tertiary/aromatic N) is 1. The third-order valence-corrected chi connectivity index (χ3v) is 2.90. The molecular weight excluding hydrogens is 289 g/mol. The van der Waals surface area contributed by atoms with Gasteiger partial charge in [0.25, 0.3) is 5.69 Å². The summed E-state index contributed by atoms with van der Waals surface area (Å²) < 4.78 is 13.8. The number of non-ortho nitro benzene ring substituents is 1. The number of aromatic carboxylic acids is 1. The van der Waals surface area contributed by atoms with Gasteiger partial charge in [0.2, 0.25) is 0 Å². The number of hydrogen-bond acceptors (Lipinski definition) is 3. The molecule has 5 nitrogen and oxygen atoms in total. The Balaban J connectivity index is 2.67. The van der Waals surface area contributed by atoms with Crippen LogP contribution in [-0.2, 0) is 0 Å². The molecule has 0 aliphatic rings. The Morgan fingerprint density at radius 1 is 1.20 bits per heavy atom. The van der Waals surface area contributed by atoms with Gasteiger partial charge in [0.05, 0.1) is 10.5 Å². The SMILES string of the molecule is O=C(O)c1cc([N+](=O)[O-])ccc1-c1ccc(Cl)cc1F. The Bertz CT molecular complexity index is 718. The first kappa shape index (κ1) is 14.0.